The molecule has 0 bridgehead atoms. The molecule has 3 rings (SSSR count). The summed E-state index contributed by atoms with van der Waals surface area (Å²) in [5.41, 5.74) is 0.797. The largest absolute Gasteiger partial charge is 0.504 e. The maximum Gasteiger partial charge on any atom is 0.331 e. The standard InChI is InChI=1S/C25H26O12/c1-34-25-24(37-21(31)9-5-14-3-7-16(27)18(29)11-14)23(33)22(32)19(36-25)12-35-20(30)8-4-13-2-6-15(26)17(28)10-13/h2-11,19,22-29,32-33H,12H2,1H3/b8-4+,9-5+/t19-,22-,23+,24-,25-/m1/s1. The number of rotatable bonds is 8. The van der Waals surface area contributed by atoms with Gasteiger partial charge in [-0.1, -0.05) is 12.1 Å². The third-order valence-corrected chi connectivity index (χ3v) is 5.34. The Labute approximate surface area is 210 Å². The molecule has 1 saturated heterocycles. The topological polar surface area (TPSA) is 192 Å². The van der Waals surface area contributed by atoms with Crippen molar-refractivity contribution in [2.24, 2.45) is 0 Å². The lowest BCUT2D eigenvalue weighted by Crippen LogP contribution is -2.60. The zero-order chi connectivity index (χ0) is 27.1. The normalized spacial score (nSPS) is 23.8. The Morgan fingerprint density at radius 3 is 1.89 bits per heavy atom. The molecule has 0 unspecified atom stereocenters. The Morgan fingerprint density at radius 1 is 0.838 bits per heavy atom. The number of phenolic OH excluding ortho intramolecular Hbond substituents is 4. The molecule has 6 N–H and O–H groups in total. The predicted octanol–water partition coefficient (Wildman–Crippen LogP) is 0.784. The Bertz CT molecular complexity index is 1170. The molecule has 2 aromatic carbocycles. The molecule has 0 aliphatic carbocycles. The fraction of sp³-hybridized carbons (Fsp3) is 0.280. The van der Waals surface area contributed by atoms with Crippen molar-refractivity contribution in [1.29, 1.82) is 0 Å². The van der Waals surface area contributed by atoms with Gasteiger partial charge in [0, 0.05) is 19.3 Å². The van der Waals surface area contributed by atoms with Crippen LogP contribution < -0.4 is 0 Å². The van der Waals surface area contributed by atoms with Crippen LogP contribution in [0.15, 0.2) is 48.6 Å². The molecular weight excluding hydrogens is 492 g/mol. The summed E-state index contributed by atoms with van der Waals surface area (Å²) >= 11 is 0. The van der Waals surface area contributed by atoms with Crippen LogP contribution in [0.3, 0.4) is 0 Å². The highest BCUT2D eigenvalue weighted by molar-refractivity contribution is 5.87. The average molecular weight is 518 g/mol. The van der Waals surface area contributed by atoms with E-state index in [-0.39, 0.29) is 23.0 Å². The van der Waals surface area contributed by atoms with Crippen molar-refractivity contribution in [3.8, 4) is 23.0 Å². The number of carbonyl (C=O) groups excluding carboxylic acids is 2. The van der Waals surface area contributed by atoms with Crippen LogP contribution in [0, 0.1) is 0 Å². The molecule has 198 valence electrons. The Morgan fingerprint density at radius 2 is 1.38 bits per heavy atom. The lowest BCUT2D eigenvalue weighted by atomic mass is 9.99. The SMILES string of the molecule is CO[C@@H]1O[C@H](COC(=O)/C=C/c2ccc(O)c(O)c2)[C@@H](O)[C@H](O)[C@H]1OC(=O)/C=C/c1ccc(O)c(O)c1. The summed E-state index contributed by atoms with van der Waals surface area (Å²) in [6, 6.07) is 7.83. The van der Waals surface area contributed by atoms with Gasteiger partial charge < -0.3 is 49.6 Å². The van der Waals surface area contributed by atoms with Crippen LogP contribution in [0.4, 0.5) is 0 Å². The fourth-order valence-corrected chi connectivity index (χ4v) is 3.36. The molecule has 5 atom stereocenters. The summed E-state index contributed by atoms with van der Waals surface area (Å²) in [5.74, 6) is -3.11. The van der Waals surface area contributed by atoms with E-state index in [1.807, 2.05) is 0 Å². The number of phenols is 4. The van der Waals surface area contributed by atoms with Gasteiger partial charge >= 0.3 is 11.9 Å². The van der Waals surface area contributed by atoms with E-state index in [1.54, 1.807) is 0 Å². The van der Waals surface area contributed by atoms with Gasteiger partial charge in [0.15, 0.2) is 35.4 Å². The molecule has 0 spiro atoms. The average Bonchev–Trinajstić information content (AvgIpc) is 2.87. The number of aromatic hydroxyl groups is 4. The summed E-state index contributed by atoms with van der Waals surface area (Å²) in [7, 11) is 1.23. The summed E-state index contributed by atoms with van der Waals surface area (Å²) in [4.78, 5) is 24.3. The van der Waals surface area contributed by atoms with Crippen molar-refractivity contribution in [2.45, 2.75) is 30.7 Å². The number of benzene rings is 2. The first-order valence-corrected chi connectivity index (χ1v) is 10.9. The monoisotopic (exact) mass is 518 g/mol. The molecule has 37 heavy (non-hydrogen) atoms. The molecule has 2 aromatic rings. The molecule has 0 saturated carbocycles. The highest BCUT2D eigenvalue weighted by atomic mass is 16.7. The second kappa shape index (κ2) is 12.2. The minimum Gasteiger partial charge on any atom is -0.504 e. The number of methoxy groups -OCH3 is 1. The van der Waals surface area contributed by atoms with Crippen molar-refractivity contribution >= 4 is 24.1 Å². The van der Waals surface area contributed by atoms with Crippen molar-refractivity contribution in [1.82, 2.24) is 0 Å². The third kappa shape index (κ3) is 7.21. The second-order valence-corrected chi connectivity index (χ2v) is 7.95. The van der Waals surface area contributed by atoms with Crippen LogP contribution in [0.25, 0.3) is 12.2 Å². The van der Waals surface area contributed by atoms with E-state index in [0.29, 0.717) is 11.1 Å². The van der Waals surface area contributed by atoms with E-state index in [1.165, 1.54) is 55.7 Å². The van der Waals surface area contributed by atoms with E-state index in [0.717, 1.165) is 12.2 Å². The Balaban J connectivity index is 1.56. The summed E-state index contributed by atoms with van der Waals surface area (Å²) < 4.78 is 20.9. The van der Waals surface area contributed by atoms with Crippen molar-refractivity contribution in [2.75, 3.05) is 13.7 Å². The smallest absolute Gasteiger partial charge is 0.331 e. The van der Waals surface area contributed by atoms with Crippen molar-refractivity contribution in [3.05, 3.63) is 59.7 Å². The van der Waals surface area contributed by atoms with Gasteiger partial charge in [-0.3, -0.25) is 0 Å². The molecule has 12 nitrogen and oxygen atoms in total. The van der Waals surface area contributed by atoms with E-state index >= 15 is 0 Å². The van der Waals surface area contributed by atoms with E-state index in [9.17, 15) is 40.2 Å². The van der Waals surface area contributed by atoms with Gasteiger partial charge in [0.2, 0.25) is 0 Å². The van der Waals surface area contributed by atoms with E-state index in [4.69, 9.17) is 18.9 Å². The number of esters is 2. The van der Waals surface area contributed by atoms with E-state index in [2.05, 4.69) is 0 Å². The molecule has 1 heterocycles. The molecular formula is C25H26O12. The maximum absolute atomic E-state index is 12.2. The lowest BCUT2D eigenvalue weighted by Gasteiger charge is -2.40. The number of hydrogen-bond acceptors (Lipinski definition) is 12. The molecule has 0 amide bonds. The summed E-state index contributed by atoms with van der Waals surface area (Å²) in [6.07, 6.45) is -2.49. The van der Waals surface area contributed by atoms with Crippen molar-refractivity contribution < 1.29 is 59.2 Å². The minimum atomic E-state index is -1.65. The first-order chi connectivity index (χ1) is 17.6. The molecule has 1 aliphatic rings. The van der Waals surface area contributed by atoms with E-state index < -0.39 is 49.3 Å². The van der Waals surface area contributed by atoms with Crippen molar-refractivity contribution in [3.63, 3.8) is 0 Å². The van der Waals surface area contributed by atoms with Crippen LogP contribution in [0.1, 0.15) is 11.1 Å². The number of ether oxygens (including phenoxy) is 4. The highest BCUT2D eigenvalue weighted by Gasteiger charge is 2.47. The number of carbonyl (C=O) groups is 2. The quantitative estimate of drug-likeness (QED) is 0.164. The van der Waals surface area contributed by atoms with Gasteiger partial charge in [-0.25, -0.2) is 9.59 Å². The summed E-state index contributed by atoms with van der Waals surface area (Å²) in [5, 5.41) is 58.6. The Hall–Kier alpha value is -4.10. The number of aliphatic hydroxyl groups excluding tert-OH is 2. The van der Waals surface area contributed by atoms with Gasteiger partial charge in [0.1, 0.15) is 24.9 Å². The molecule has 0 radical (unpaired) electrons. The first kappa shape index (κ1) is 27.5. The summed E-state index contributed by atoms with van der Waals surface area (Å²) in [6.45, 7) is -0.465. The first-order valence-electron chi connectivity index (χ1n) is 10.9. The zero-order valence-corrected chi connectivity index (χ0v) is 19.5. The van der Waals surface area contributed by atoms with Crippen LogP contribution in [0.2, 0.25) is 0 Å². The van der Waals surface area contributed by atoms with Gasteiger partial charge in [-0.05, 0) is 47.5 Å². The fourth-order valence-electron chi connectivity index (χ4n) is 3.36. The molecule has 1 fully saturated rings. The maximum atomic E-state index is 12.2. The number of hydrogen-bond donors (Lipinski definition) is 6. The molecule has 12 heteroatoms. The highest BCUT2D eigenvalue weighted by Crippen LogP contribution is 2.27. The minimum absolute atomic E-state index is 0.313. The molecule has 0 aromatic heterocycles. The van der Waals surface area contributed by atoms with Gasteiger partial charge in [-0.15, -0.1) is 0 Å². The van der Waals surface area contributed by atoms with Gasteiger partial charge in [0.25, 0.3) is 0 Å². The van der Waals surface area contributed by atoms with Gasteiger partial charge in [-0.2, -0.15) is 0 Å². The van der Waals surface area contributed by atoms with Crippen LogP contribution >= 0.6 is 0 Å². The zero-order valence-electron chi connectivity index (χ0n) is 19.5. The van der Waals surface area contributed by atoms with Gasteiger partial charge in [0.05, 0.1) is 0 Å². The van der Waals surface area contributed by atoms with Crippen LogP contribution in [0.5, 0.6) is 23.0 Å². The second-order valence-electron chi connectivity index (χ2n) is 7.95. The number of aliphatic hydroxyl groups is 2. The predicted molar refractivity (Wildman–Crippen MR) is 126 cm³/mol. The molecule has 1 aliphatic heterocycles. The lowest BCUT2D eigenvalue weighted by molar-refractivity contribution is -0.297. The third-order valence-electron chi connectivity index (χ3n) is 5.34. The van der Waals surface area contributed by atoms with Crippen LogP contribution in [-0.2, 0) is 28.5 Å². The Kier molecular flexibility index (Phi) is 9.09. The van der Waals surface area contributed by atoms with Crippen LogP contribution in [-0.4, -0.2) is 87.0 Å².